The highest BCUT2D eigenvalue weighted by Gasteiger charge is 2.04. The van der Waals surface area contributed by atoms with Gasteiger partial charge in [0.2, 0.25) is 0 Å². The molecule has 0 aliphatic carbocycles. The van der Waals surface area contributed by atoms with Crippen molar-refractivity contribution in [3.8, 4) is 0 Å². The lowest BCUT2D eigenvalue weighted by molar-refractivity contribution is 0.519. The van der Waals surface area contributed by atoms with Crippen molar-refractivity contribution >= 4 is 16.9 Å². The lowest BCUT2D eigenvalue weighted by Crippen LogP contribution is -2.19. The third-order valence-electron chi connectivity index (χ3n) is 2.57. The van der Waals surface area contributed by atoms with Gasteiger partial charge in [0.15, 0.2) is 5.17 Å². The Balaban J connectivity index is 1.81. The summed E-state index contributed by atoms with van der Waals surface area (Å²) in [5, 5.41) is 4.56. The molecule has 0 fully saturated rings. The Hall–Kier alpha value is -0.180. The molecule has 0 saturated carbocycles. The maximum absolute atomic E-state index is 4.36. The van der Waals surface area contributed by atoms with Crippen molar-refractivity contribution in [1.82, 2.24) is 5.32 Å². The Morgan fingerprint density at radius 3 is 2.73 bits per heavy atom. The van der Waals surface area contributed by atoms with Crippen molar-refractivity contribution in [2.45, 2.75) is 46.0 Å². The second-order valence-corrected chi connectivity index (χ2v) is 5.64. The lowest BCUT2D eigenvalue weighted by atomic mass is 10.0. The van der Waals surface area contributed by atoms with Crippen LogP contribution in [0, 0.1) is 5.92 Å². The molecule has 0 bridgehead atoms. The lowest BCUT2D eigenvalue weighted by Gasteiger charge is -2.06. The molecule has 0 spiro atoms. The maximum Gasteiger partial charge on any atom is 0.156 e. The standard InChI is InChI=1S/C12H24N2S/c1-11(2)7-5-3-4-6-8-13-12-14-9-10-15-12/h11H,3-10H2,1-2H3,(H,13,14). The summed E-state index contributed by atoms with van der Waals surface area (Å²) >= 11 is 1.85. The van der Waals surface area contributed by atoms with Gasteiger partial charge in [-0.15, -0.1) is 0 Å². The third kappa shape index (κ3) is 6.82. The monoisotopic (exact) mass is 228 g/mol. The number of nitrogens with zero attached hydrogens (tertiary/aromatic N) is 1. The zero-order chi connectivity index (χ0) is 10.9. The molecule has 15 heavy (non-hydrogen) atoms. The molecule has 0 aromatic rings. The molecule has 1 aliphatic heterocycles. The average Bonchev–Trinajstić information content (AvgIpc) is 2.68. The van der Waals surface area contributed by atoms with Gasteiger partial charge in [0.05, 0.1) is 6.54 Å². The van der Waals surface area contributed by atoms with Gasteiger partial charge in [-0.05, 0) is 12.3 Å². The number of hydrogen-bond acceptors (Lipinski definition) is 3. The Morgan fingerprint density at radius 2 is 2.07 bits per heavy atom. The fraction of sp³-hybridized carbons (Fsp3) is 0.917. The first-order valence-corrected chi connectivity index (χ1v) is 7.18. The largest absolute Gasteiger partial charge is 0.365 e. The van der Waals surface area contributed by atoms with E-state index in [2.05, 4.69) is 24.2 Å². The fourth-order valence-electron chi connectivity index (χ4n) is 1.67. The zero-order valence-electron chi connectivity index (χ0n) is 10.1. The second kappa shape index (κ2) is 8.03. The highest BCUT2D eigenvalue weighted by molar-refractivity contribution is 8.14. The summed E-state index contributed by atoms with van der Waals surface area (Å²) in [4.78, 5) is 4.36. The minimum atomic E-state index is 0.868. The smallest absolute Gasteiger partial charge is 0.156 e. The molecule has 1 heterocycles. The van der Waals surface area contributed by atoms with Crippen LogP contribution in [0.4, 0.5) is 0 Å². The van der Waals surface area contributed by atoms with Crippen LogP contribution in [-0.2, 0) is 0 Å². The van der Waals surface area contributed by atoms with E-state index in [1.165, 1.54) is 32.1 Å². The van der Waals surface area contributed by atoms with Crippen molar-refractivity contribution in [2.75, 3.05) is 18.8 Å². The normalized spacial score (nSPS) is 15.8. The van der Waals surface area contributed by atoms with Crippen LogP contribution in [0.25, 0.3) is 0 Å². The third-order valence-corrected chi connectivity index (χ3v) is 3.50. The van der Waals surface area contributed by atoms with Crippen molar-refractivity contribution in [3.05, 3.63) is 0 Å². The summed E-state index contributed by atoms with van der Waals surface area (Å²) in [6.07, 6.45) is 6.82. The quantitative estimate of drug-likeness (QED) is 0.676. The first kappa shape index (κ1) is 12.9. The Labute approximate surface area is 98.3 Å². The van der Waals surface area contributed by atoms with Crippen LogP contribution in [-0.4, -0.2) is 24.0 Å². The molecular weight excluding hydrogens is 204 g/mol. The van der Waals surface area contributed by atoms with Crippen LogP contribution in [0.3, 0.4) is 0 Å². The van der Waals surface area contributed by atoms with Crippen LogP contribution < -0.4 is 5.32 Å². The summed E-state index contributed by atoms with van der Waals surface area (Å²) in [6, 6.07) is 0. The SMILES string of the molecule is CC(C)CCCCCCNC1=NCCS1. The molecule has 0 amide bonds. The van der Waals surface area contributed by atoms with E-state index in [1.807, 2.05) is 11.8 Å². The van der Waals surface area contributed by atoms with Gasteiger partial charge in [0.1, 0.15) is 0 Å². The molecule has 1 N–H and O–H groups in total. The summed E-state index contributed by atoms with van der Waals surface area (Å²) in [7, 11) is 0. The molecule has 1 aliphatic rings. The van der Waals surface area contributed by atoms with Gasteiger partial charge in [-0.3, -0.25) is 4.99 Å². The van der Waals surface area contributed by atoms with Gasteiger partial charge >= 0.3 is 0 Å². The molecular formula is C12H24N2S. The first-order chi connectivity index (χ1) is 7.29. The molecule has 2 nitrogen and oxygen atoms in total. The Bertz CT molecular complexity index is 190. The second-order valence-electron chi connectivity index (χ2n) is 4.56. The van der Waals surface area contributed by atoms with Crippen LogP contribution in [0.15, 0.2) is 4.99 Å². The van der Waals surface area contributed by atoms with Crippen molar-refractivity contribution in [1.29, 1.82) is 0 Å². The minimum absolute atomic E-state index is 0.868. The first-order valence-electron chi connectivity index (χ1n) is 6.20. The molecule has 0 aromatic carbocycles. The highest BCUT2D eigenvalue weighted by atomic mass is 32.2. The van der Waals surface area contributed by atoms with Gasteiger partial charge in [-0.25, -0.2) is 0 Å². The summed E-state index contributed by atoms with van der Waals surface area (Å²) in [5.41, 5.74) is 0. The summed E-state index contributed by atoms with van der Waals surface area (Å²) in [6.45, 7) is 6.71. The van der Waals surface area contributed by atoms with Gasteiger partial charge in [0.25, 0.3) is 0 Å². The van der Waals surface area contributed by atoms with Gasteiger partial charge < -0.3 is 5.32 Å². The maximum atomic E-state index is 4.36. The molecule has 0 unspecified atom stereocenters. The number of aliphatic imine (C=N–C) groups is 1. The molecule has 88 valence electrons. The van der Waals surface area contributed by atoms with Gasteiger partial charge in [-0.2, -0.15) is 0 Å². The van der Waals surface area contributed by atoms with E-state index in [4.69, 9.17) is 0 Å². The van der Waals surface area contributed by atoms with Crippen molar-refractivity contribution < 1.29 is 0 Å². The highest BCUT2D eigenvalue weighted by Crippen LogP contribution is 2.10. The van der Waals surface area contributed by atoms with E-state index < -0.39 is 0 Å². The van der Waals surface area contributed by atoms with Crippen molar-refractivity contribution in [3.63, 3.8) is 0 Å². The molecule has 0 radical (unpaired) electrons. The Morgan fingerprint density at radius 1 is 1.27 bits per heavy atom. The van der Waals surface area contributed by atoms with Crippen LogP contribution in [0.1, 0.15) is 46.0 Å². The number of amidine groups is 1. The molecule has 0 aromatic heterocycles. The molecule has 0 saturated heterocycles. The number of unbranched alkanes of at least 4 members (excludes halogenated alkanes) is 3. The summed E-state index contributed by atoms with van der Waals surface area (Å²) < 4.78 is 0. The Kier molecular flexibility index (Phi) is 6.90. The molecule has 1 rings (SSSR count). The summed E-state index contributed by atoms with van der Waals surface area (Å²) in [5.74, 6) is 2.03. The molecule has 0 atom stereocenters. The minimum Gasteiger partial charge on any atom is -0.365 e. The van der Waals surface area contributed by atoms with E-state index in [1.54, 1.807) is 0 Å². The topological polar surface area (TPSA) is 24.4 Å². The number of rotatable bonds is 7. The van der Waals surface area contributed by atoms with Gasteiger partial charge in [-0.1, -0.05) is 51.3 Å². The van der Waals surface area contributed by atoms with Crippen molar-refractivity contribution in [2.24, 2.45) is 10.9 Å². The van der Waals surface area contributed by atoms with E-state index in [9.17, 15) is 0 Å². The number of nitrogens with one attached hydrogen (secondary N) is 1. The van der Waals surface area contributed by atoms with Gasteiger partial charge in [0, 0.05) is 12.3 Å². The van der Waals surface area contributed by atoms with Crippen LogP contribution >= 0.6 is 11.8 Å². The van der Waals surface area contributed by atoms with E-state index in [0.717, 1.165) is 29.9 Å². The number of thioether (sulfide) groups is 1. The predicted octanol–water partition coefficient (Wildman–Crippen LogP) is 3.29. The van der Waals surface area contributed by atoms with E-state index >= 15 is 0 Å². The van der Waals surface area contributed by atoms with Crippen LogP contribution in [0.2, 0.25) is 0 Å². The molecule has 3 heteroatoms. The number of hydrogen-bond donors (Lipinski definition) is 1. The average molecular weight is 228 g/mol. The van der Waals surface area contributed by atoms with E-state index in [-0.39, 0.29) is 0 Å². The van der Waals surface area contributed by atoms with Crippen LogP contribution in [0.5, 0.6) is 0 Å². The van der Waals surface area contributed by atoms with E-state index in [0.29, 0.717) is 0 Å². The fourth-order valence-corrected chi connectivity index (χ4v) is 2.43. The zero-order valence-corrected chi connectivity index (χ0v) is 10.9. The predicted molar refractivity (Wildman–Crippen MR) is 70.7 cm³/mol.